The van der Waals surface area contributed by atoms with Gasteiger partial charge in [-0.15, -0.1) is 0 Å². The molecule has 1 aliphatic heterocycles. The summed E-state index contributed by atoms with van der Waals surface area (Å²) in [5.41, 5.74) is 0. The van der Waals surface area contributed by atoms with Crippen molar-refractivity contribution in [1.29, 1.82) is 0 Å². The lowest BCUT2D eigenvalue weighted by Crippen LogP contribution is -2.43. The normalized spacial score (nSPS) is 26.8. The van der Waals surface area contributed by atoms with Crippen molar-refractivity contribution in [2.75, 3.05) is 25.4 Å². The molecule has 0 aromatic rings. The summed E-state index contributed by atoms with van der Waals surface area (Å²) in [6.45, 7) is 1.90. The Morgan fingerprint density at radius 1 is 1.64 bits per heavy atom. The zero-order chi connectivity index (χ0) is 8.32. The average molecular weight is 180 g/mol. The lowest BCUT2D eigenvalue weighted by molar-refractivity contribution is 0.0430. The van der Waals surface area contributed by atoms with Crippen LogP contribution in [-0.2, 0) is 14.8 Å². The fourth-order valence-electron chi connectivity index (χ4n) is 0.986. The van der Waals surface area contributed by atoms with Gasteiger partial charge in [0, 0.05) is 13.1 Å². The highest BCUT2D eigenvalue weighted by atomic mass is 32.2. The molecule has 3 N–H and O–H groups in total. The van der Waals surface area contributed by atoms with Crippen LogP contribution in [0.2, 0.25) is 0 Å². The van der Waals surface area contributed by atoms with Crippen LogP contribution in [0.5, 0.6) is 0 Å². The molecule has 0 saturated carbocycles. The largest absolute Gasteiger partial charge is 0.374 e. The summed E-state index contributed by atoms with van der Waals surface area (Å²) in [5.74, 6) is -0.0972. The molecule has 0 spiro atoms. The molecular weight excluding hydrogens is 168 g/mol. The molecule has 1 saturated heterocycles. The summed E-state index contributed by atoms with van der Waals surface area (Å²) in [5, 5.41) is 7.84. The topological polar surface area (TPSA) is 81.4 Å². The molecule has 1 atom stereocenters. The molecule has 1 fully saturated rings. The van der Waals surface area contributed by atoms with Gasteiger partial charge >= 0.3 is 0 Å². The van der Waals surface area contributed by atoms with E-state index < -0.39 is 10.0 Å². The second kappa shape index (κ2) is 3.48. The maximum atomic E-state index is 10.6. The first-order valence-electron chi connectivity index (χ1n) is 3.41. The van der Waals surface area contributed by atoms with Crippen LogP contribution in [-0.4, -0.2) is 40.0 Å². The molecule has 0 amide bonds. The van der Waals surface area contributed by atoms with Crippen molar-refractivity contribution in [3.63, 3.8) is 0 Å². The van der Waals surface area contributed by atoms with E-state index in [1.54, 1.807) is 0 Å². The van der Waals surface area contributed by atoms with Crippen LogP contribution < -0.4 is 10.5 Å². The predicted molar refractivity (Wildman–Crippen MR) is 40.6 cm³/mol. The quantitative estimate of drug-likeness (QED) is 0.528. The number of sulfonamides is 1. The zero-order valence-electron chi connectivity index (χ0n) is 6.12. The highest BCUT2D eigenvalue weighted by molar-refractivity contribution is 7.89. The van der Waals surface area contributed by atoms with E-state index in [9.17, 15) is 8.42 Å². The van der Waals surface area contributed by atoms with Gasteiger partial charge in [-0.1, -0.05) is 0 Å². The fourth-order valence-corrected chi connectivity index (χ4v) is 1.72. The number of morpholine rings is 1. The molecule has 6 heteroatoms. The Labute approximate surface area is 66.0 Å². The highest BCUT2D eigenvalue weighted by Gasteiger charge is 2.18. The van der Waals surface area contributed by atoms with E-state index in [0.717, 1.165) is 6.54 Å². The molecule has 1 aliphatic rings. The first-order chi connectivity index (χ1) is 5.08. The van der Waals surface area contributed by atoms with Crippen LogP contribution in [0.3, 0.4) is 0 Å². The van der Waals surface area contributed by atoms with Gasteiger partial charge in [0.2, 0.25) is 10.0 Å². The molecule has 11 heavy (non-hydrogen) atoms. The summed E-state index contributed by atoms with van der Waals surface area (Å²) in [4.78, 5) is 0. The summed E-state index contributed by atoms with van der Waals surface area (Å²) < 4.78 is 26.3. The number of primary sulfonamides is 1. The lowest BCUT2D eigenvalue weighted by Gasteiger charge is -2.22. The minimum atomic E-state index is -3.39. The Hall–Kier alpha value is -0.170. The number of ether oxygens (including phenoxy) is 1. The van der Waals surface area contributed by atoms with Gasteiger partial charge in [-0.25, -0.2) is 13.6 Å². The second-order valence-electron chi connectivity index (χ2n) is 2.53. The van der Waals surface area contributed by atoms with Crippen molar-refractivity contribution in [1.82, 2.24) is 5.32 Å². The van der Waals surface area contributed by atoms with Crippen molar-refractivity contribution in [2.45, 2.75) is 6.10 Å². The van der Waals surface area contributed by atoms with Crippen LogP contribution in [0.15, 0.2) is 0 Å². The molecule has 0 aromatic heterocycles. The maximum Gasteiger partial charge on any atom is 0.211 e. The number of nitrogens with two attached hydrogens (primary N) is 1. The number of hydrogen-bond acceptors (Lipinski definition) is 4. The molecule has 5 nitrogen and oxygen atoms in total. The Morgan fingerprint density at radius 3 is 2.82 bits per heavy atom. The third kappa shape index (κ3) is 3.66. The standard InChI is InChI=1S/C5H12N2O3S/c6-11(8,9)4-5-3-7-1-2-10-5/h5,7H,1-4H2,(H2,6,8,9)/t5-/m1/s1. The van der Waals surface area contributed by atoms with Crippen LogP contribution in [0, 0.1) is 0 Å². The van der Waals surface area contributed by atoms with Crippen molar-refractivity contribution in [2.24, 2.45) is 5.14 Å². The van der Waals surface area contributed by atoms with Crippen molar-refractivity contribution >= 4 is 10.0 Å². The summed E-state index contributed by atoms with van der Waals surface area (Å²) >= 11 is 0. The van der Waals surface area contributed by atoms with Gasteiger partial charge in [-0.3, -0.25) is 0 Å². The summed E-state index contributed by atoms with van der Waals surface area (Å²) in [7, 11) is -3.39. The van der Waals surface area contributed by atoms with Gasteiger partial charge in [0.25, 0.3) is 0 Å². The first-order valence-corrected chi connectivity index (χ1v) is 5.12. The SMILES string of the molecule is NS(=O)(=O)C[C@H]1CNCCO1. The van der Waals surface area contributed by atoms with Gasteiger partial charge in [-0.2, -0.15) is 0 Å². The van der Waals surface area contributed by atoms with Crippen LogP contribution in [0.25, 0.3) is 0 Å². The molecule has 1 rings (SSSR count). The number of rotatable bonds is 2. The van der Waals surface area contributed by atoms with Crippen LogP contribution in [0.1, 0.15) is 0 Å². The Morgan fingerprint density at radius 2 is 2.36 bits per heavy atom. The van der Waals surface area contributed by atoms with Gasteiger partial charge in [0.1, 0.15) is 0 Å². The van der Waals surface area contributed by atoms with E-state index in [2.05, 4.69) is 5.32 Å². The third-order valence-electron chi connectivity index (χ3n) is 1.42. The van der Waals surface area contributed by atoms with Crippen molar-refractivity contribution in [3.05, 3.63) is 0 Å². The van der Waals surface area contributed by atoms with Gasteiger partial charge in [0.15, 0.2) is 0 Å². The zero-order valence-corrected chi connectivity index (χ0v) is 6.93. The minimum absolute atomic E-state index is 0.0972. The Balaban J connectivity index is 2.36. The molecule has 66 valence electrons. The molecule has 0 radical (unpaired) electrons. The van der Waals surface area contributed by atoms with Crippen LogP contribution >= 0.6 is 0 Å². The van der Waals surface area contributed by atoms with Crippen molar-refractivity contribution < 1.29 is 13.2 Å². The van der Waals surface area contributed by atoms with Gasteiger partial charge in [-0.05, 0) is 0 Å². The molecule has 1 heterocycles. The lowest BCUT2D eigenvalue weighted by atomic mass is 10.3. The monoisotopic (exact) mass is 180 g/mol. The molecule has 0 bridgehead atoms. The Bertz CT molecular complexity index is 208. The highest BCUT2D eigenvalue weighted by Crippen LogP contribution is 1.97. The molecular formula is C5H12N2O3S. The van der Waals surface area contributed by atoms with E-state index >= 15 is 0 Å². The van der Waals surface area contributed by atoms with E-state index in [-0.39, 0.29) is 11.9 Å². The molecule has 0 aromatic carbocycles. The first kappa shape index (κ1) is 8.92. The third-order valence-corrected chi connectivity index (χ3v) is 2.26. The van der Waals surface area contributed by atoms with E-state index in [0.29, 0.717) is 13.2 Å². The van der Waals surface area contributed by atoms with Crippen molar-refractivity contribution in [3.8, 4) is 0 Å². The number of nitrogens with one attached hydrogen (secondary N) is 1. The minimum Gasteiger partial charge on any atom is -0.374 e. The van der Waals surface area contributed by atoms with Crippen LogP contribution in [0.4, 0.5) is 0 Å². The van der Waals surface area contributed by atoms with Gasteiger partial charge in [0.05, 0.1) is 18.5 Å². The van der Waals surface area contributed by atoms with E-state index in [1.165, 1.54) is 0 Å². The van der Waals surface area contributed by atoms with E-state index in [1.807, 2.05) is 0 Å². The predicted octanol–water partition coefficient (Wildman–Crippen LogP) is -1.74. The summed E-state index contributed by atoms with van der Waals surface area (Å²) in [6.07, 6.45) is -0.279. The number of hydrogen-bond donors (Lipinski definition) is 2. The van der Waals surface area contributed by atoms with Gasteiger partial charge < -0.3 is 10.1 Å². The molecule has 0 unspecified atom stereocenters. The van der Waals surface area contributed by atoms with E-state index in [4.69, 9.17) is 9.88 Å². The summed E-state index contributed by atoms with van der Waals surface area (Å²) in [6, 6.07) is 0. The smallest absolute Gasteiger partial charge is 0.211 e. The maximum absolute atomic E-state index is 10.6. The molecule has 0 aliphatic carbocycles. The Kier molecular flexibility index (Phi) is 2.83. The second-order valence-corrected chi connectivity index (χ2v) is 4.19. The average Bonchev–Trinajstić information content (AvgIpc) is 1.85. The fraction of sp³-hybridized carbons (Fsp3) is 1.00.